The van der Waals surface area contributed by atoms with Gasteiger partial charge in [-0.15, -0.1) is 0 Å². The molecule has 2 aromatic rings. The summed E-state index contributed by atoms with van der Waals surface area (Å²) in [4.78, 5) is 11.7. The number of benzene rings is 1. The number of halogens is 1. The zero-order valence-corrected chi connectivity index (χ0v) is 12.4. The highest BCUT2D eigenvalue weighted by atomic mass is 35.5. The minimum absolute atomic E-state index is 0.0560. The van der Waals surface area contributed by atoms with Gasteiger partial charge in [0.15, 0.2) is 11.0 Å². The number of amides is 1. The topological polar surface area (TPSA) is 102 Å². The molecule has 0 fully saturated rings. The Bertz CT molecular complexity index is 738. The van der Waals surface area contributed by atoms with Crippen LogP contribution in [0, 0.1) is 0 Å². The third-order valence-corrected chi connectivity index (χ3v) is 3.88. The molecule has 112 valence electrons. The Morgan fingerprint density at radius 2 is 1.86 bits per heavy atom. The van der Waals surface area contributed by atoms with E-state index >= 15 is 0 Å². The molecular formula is C13H13ClN2O4S. The van der Waals surface area contributed by atoms with E-state index < -0.39 is 10.0 Å². The fraction of sp³-hybridized carbons (Fsp3) is 0.154. The minimum Gasteiger partial charge on any atom is -0.440 e. The molecule has 0 aliphatic rings. The number of nitrogens with one attached hydrogen (secondary N) is 1. The summed E-state index contributed by atoms with van der Waals surface area (Å²) in [6, 6.07) is 9.13. The molecule has 0 bridgehead atoms. The first-order valence-corrected chi connectivity index (χ1v) is 7.94. The molecule has 1 amide bonds. The number of rotatable bonds is 5. The Morgan fingerprint density at radius 3 is 2.38 bits per heavy atom. The van der Waals surface area contributed by atoms with Gasteiger partial charge in [0, 0.05) is 6.54 Å². The maximum atomic E-state index is 11.7. The lowest BCUT2D eigenvalue weighted by Crippen LogP contribution is -2.25. The van der Waals surface area contributed by atoms with Gasteiger partial charge in [-0.3, -0.25) is 4.79 Å². The second kappa shape index (κ2) is 6.30. The van der Waals surface area contributed by atoms with Crippen molar-refractivity contribution in [2.75, 3.05) is 6.54 Å². The molecule has 0 saturated carbocycles. The summed E-state index contributed by atoms with van der Waals surface area (Å²) >= 11 is 5.58. The predicted molar refractivity (Wildman–Crippen MR) is 77.6 cm³/mol. The molecule has 3 N–H and O–H groups in total. The number of carbonyl (C=O) groups excluding carboxylic acids is 1. The van der Waals surface area contributed by atoms with Gasteiger partial charge >= 0.3 is 0 Å². The normalized spacial score (nSPS) is 11.3. The first kappa shape index (κ1) is 15.6. The Kier molecular flexibility index (Phi) is 4.66. The molecule has 2 rings (SSSR count). The zero-order valence-electron chi connectivity index (χ0n) is 10.9. The Hall–Kier alpha value is -1.83. The van der Waals surface area contributed by atoms with Gasteiger partial charge in [0.2, 0.25) is 10.0 Å². The van der Waals surface area contributed by atoms with Gasteiger partial charge < -0.3 is 9.73 Å². The first-order valence-electron chi connectivity index (χ1n) is 6.01. The van der Waals surface area contributed by atoms with Crippen LogP contribution in [0.25, 0.3) is 0 Å². The highest BCUT2D eigenvalue weighted by Crippen LogP contribution is 2.13. The third kappa shape index (κ3) is 4.32. The molecule has 8 heteroatoms. The lowest BCUT2D eigenvalue weighted by atomic mass is 10.1. The van der Waals surface area contributed by atoms with Crippen LogP contribution in [0.2, 0.25) is 5.22 Å². The van der Waals surface area contributed by atoms with E-state index in [-0.39, 0.29) is 21.8 Å². The van der Waals surface area contributed by atoms with Crippen LogP contribution in [0.1, 0.15) is 16.1 Å². The van der Waals surface area contributed by atoms with Gasteiger partial charge in [0.05, 0.1) is 4.90 Å². The van der Waals surface area contributed by atoms with Crippen molar-refractivity contribution >= 4 is 27.5 Å². The zero-order chi connectivity index (χ0) is 15.5. The molecule has 1 aromatic carbocycles. The van der Waals surface area contributed by atoms with E-state index in [1.54, 1.807) is 12.1 Å². The van der Waals surface area contributed by atoms with Crippen LogP contribution in [-0.2, 0) is 16.4 Å². The quantitative estimate of drug-likeness (QED) is 0.869. The summed E-state index contributed by atoms with van der Waals surface area (Å²) in [6.45, 7) is 0.381. The van der Waals surface area contributed by atoms with E-state index in [0.29, 0.717) is 13.0 Å². The molecule has 0 radical (unpaired) electrons. The number of carbonyl (C=O) groups is 1. The molecule has 21 heavy (non-hydrogen) atoms. The Balaban J connectivity index is 1.88. The van der Waals surface area contributed by atoms with Gasteiger partial charge in [-0.25, -0.2) is 13.6 Å². The molecule has 6 nitrogen and oxygen atoms in total. The number of sulfonamides is 1. The monoisotopic (exact) mass is 328 g/mol. The van der Waals surface area contributed by atoms with E-state index in [0.717, 1.165) is 5.56 Å². The van der Waals surface area contributed by atoms with E-state index in [1.165, 1.54) is 24.3 Å². The van der Waals surface area contributed by atoms with Crippen molar-refractivity contribution in [1.29, 1.82) is 0 Å². The molecule has 0 aliphatic carbocycles. The van der Waals surface area contributed by atoms with E-state index in [9.17, 15) is 13.2 Å². The highest BCUT2D eigenvalue weighted by molar-refractivity contribution is 7.89. The number of furan rings is 1. The van der Waals surface area contributed by atoms with Crippen LogP contribution >= 0.6 is 11.6 Å². The van der Waals surface area contributed by atoms with E-state index in [2.05, 4.69) is 5.32 Å². The van der Waals surface area contributed by atoms with E-state index in [4.69, 9.17) is 21.2 Å². The molecule has 0 spiro atoms. The van der Waals surface area contributed by atoms with Crippen LogP contribution in [0.5, 0.6) is 0 Å². The Labute approximate surface area is 126 Å². The van der Waals surface area contributed by atoms with Crippen molar-refractivity contribution in [2.24, 2.45) is 5.14 Å². The smallest absolute Gasteiger partial charge is 0.287 e. The van der Waals surface area contributed by atoms with Crippen molar-refractivity contribution in [3.05, 3.63) is 52.9 Å². The standard InChI is InChI=1S/C13H13ClN2O4S/c14-12-6-5-11(20-12)13(17)16-8-7-9-1-3-10(4-2-9)21(15,18)19/h1-6H,7-8H2,(H,16,17)(H2,15,18,19). The summed E-state index contributed by atoms with van der Waals surface area (Å²) in [5, 5.41) is 7.83. The molecular weight excluding hydrogens is 316 g/mol. The fourth-order valence-electron chi connectivity index (χ4n) is 1.69. The maximum Gasteiger partial charge on any atom is 0.287 e. The minimum atomic E-state index is -3.68. The van der Waals surface area contributed by atoms with Gasteiger partial charge in [-0.05, 0) is 47.9 Å². The molecule has 0 unspecified atom stereocenters. The van der Waals surface area contributed by atoms with Crippen LogP contribution in [0.3, 0.4) is 0 Å². The second-order valence-electron chi connectivity index (χ2n) is 4.30. The summed E-state index contributed by atoms with van der Waals surface area (Å²) in [7, 11) is -3.68. The van der Waals surface area contributed by atoms with Gasteiger partial charge in [-0.1, -0.05) is 12.1 Å². The number of nitrogens with two attached hydrogens (primary N) is 1. The molecule has 0 atom stereocenters. The van der Waals surface area contributed by atoms with Crippen molar-refractivity contribution in [3.8, 4) is 0 Å². The summed E-state index contributed by atoms with van der Waals surface area (Å²) in [6.07, 6.45) is 0.547. The maximum absolute atomic E-state index is 11.7. The van der Waals surface area contributed by atoms with Crippen LogP contribution in [0.15, 0.2) is 45.7 Å². The van der Waals surface area contributed by atoms with Crippen molar-refractivity contribution in [1.82, 2.24) is 5.32 Å². The highest BCUT2D eigenvalue weighted by Gasteiger charge is 2.10. The third-order valence-electron chi connectivity index (χ3n) is 2.75. The largest absolute Gasteiger partial charge is 0.440 e. The summed E-state index contributed by atoms with van der Waals surface area (Å²) in [5.74, 6) is -0.215. The molecule has 0 saturated heterocycles. The average molecular weight is 329 g/mol. The van der Waals surface area contributed by atoms with Gasteiger partial charge in [0.25, 0.3) is 5.91 Å². The van der Waals surface area contributed by atoms with Gasteiger partial charge in [0.1, 0.15) is 0 Å². The molecule has 1 heterocycles. The fourth-order valence-corrected chi connectivity index (χ4v) is 2.35. The molecule has 1 aromatic heterocycles. The number of hydrogen-bond donors (Lipinski definition) is 2. The second-order valence-corrected chi connectivity index (χ2v) is 6.23. The van der Waals surface area contributed by atoms with Crippen molar-refractivity contribution in [3.63, 3.8) is 0 Å². The summed E-state index contributed by atoms with van der Waals surface area (Å²) in [5.41, 5.74) is 0.875. The van der Waals surface area contributed by atoms with Crippen molar-refractivity contribution < 1.29 is 17.6 Å². The number of hydrogen-bond acceptors (Lipinski definition) is 4. The average Bonchev–Trinajstić information content (AvgIpc) is 2.85. The number of primary sulfonamides is 1. The van der Waals surface area contributed by atoms with Gasteiger partial charge in [-0.2, -0.15) is 0 Å². The van der Waals surface area contributed by atoms with E-state index in [1.807, 2.05) is 0 Å². The first-order chi connectivity index (χ1) is 9.86. The van der Waals surface area contributed by atoms with Crippen LogP contribution in [0.4, 0.5) is 0 Å². The SMILES string of the molecule is NS(=O)(=O)c1ccc(CCNC(=O)c2ccc(Cl)o2)cc1. The van der Waals surface area contributed by atoms with Crippen molar-refractivity contribution in [2.45, 2.75) is 11.3 Å². The Morgan fingerprint density at radius 1 is 1.19 bits per heavy atom. The lowest BCUT2D eigenvalue weighted by Gasteiger charge is -2.04. The predicted octanol–water partition coefficient (Wildman–Crippen LogP) is 1.55. The molecule has 0 aliphatic heterocycles. The van der Waals surface area contributed by atoms with Crippen LogP contribution in [-0.4, -0.2) is 20.9 Å². The lowest BCUT2D eigenvalue weighted by molar-refractivity contribution is 0.0926. The van der Waals surface area contributed by atoms with Crippen LogP contribution < -0.4 is 10.5 Å². The summed E-state index contributed by atoms with van der Waals surface area (Å²) < 4.78 is 27.2.